The first-order chi connectivity index (χ1) is 10.4. The van der Waals surface area contributed by atoms with E-state index in [9.17, 15) is 0 Å². The Morgan fingerprint density at radius 1 is 0.522 bits per heavy atom. The second-order valence-electron chi connectivity index (χ2n) is 8.07. The van der Waals surface area contributed by atoms with Crippen molar-refractivity contribution in [3.8, 4) is 0 Å². The molecule has 0 saturated heterocycles. The molecular weight excluding hydrogens is 304 g/mol. The van der Waals surface area contributed by atoms with Crippen LogP contribution in [0.2, 0.25) is 0 Å². The monoisotopic (exact) mass is 351 g/mol. The molecule has 0 amide bonds. The van der Waals surface area contributed by atoms with E-state index in [-0.39, 0.29) is 12.4 Å². The lowest BCUT2D eigenvalue weighted by atomic mass is 10.0. The Morgan fingerprint density at radius 3 is 0.957 bits per heavy atom. The zero-order valence-electron chi connectivity index (χ0n) is 17.0. The van der Waals surface area contributed by atoms with E-state index in [2.05, 4.69) is 35.1 Å². The number of nitrogens with two attached hydrogens (primary N) is 1. The first kappa shape index (κ1) is 28.0. The summed E-state index contributed by atoms with van der Waals surface area (Å²) in [6, 6.07) is 0. The number of unbranched alkanes of at least 4 members (excludes halogenated alkanes) is 13. The van der Waals surface area contributed by atoms with Crippen LogP contribution in [0, 0.1) is 0 Å². The van der Waals surface area contributed by atoms with Gasteiger partial charge in [-0.15, -0.1) is 12.4 Å². The van der Waals surface area contributed by atoms with E-state index in [0.717, 1.165) is 11.0 Å². The summed E-state index contributed by atoms with van der Waals surface area (Å²) in [6.07, 6.45) is 19.9. The fourth-order valence-electron chi connectivity index (χ4n) is 2.34. The number of hydrogen-bond acceptors (Lipinski definition) is 1. The minimum absolute atomic E-state index is 0. The molecule has 0 spiro atoms. The third kappa shape index (κ3) is 44.9. The van der Waals surface area contributed by atoms with Crippen LogP contribution < -0.4 is 5.73 Å². The zero-order chi connectivity index (χ0) is 17.1. The van der Waals surface area contributed by atoms with E-state index < -0.39 is 0 Å². The van der Waals surface area contributed by atoms with Gasteiger partial charge in [0.1, 0.15) is 0 Å². The maximum absolute atomic E-state index is 5.47. The highest BCUT2D eigenvalue weighted by molar-refractivity contribution is 5.85. The second-order valence-corrected chi connectivity index (χ2v) is 8.07. The predicted molar refractivity (Wildman–Crippen MR) is 111 cm³/mol. The van der Waals surface area contributed by atoms with E-state index >= 15 is 0 Å². The minimum Gasteiger partial charge on any atom is -0.333 e. The Hall–Kier alpha value is 0.210. The molecule has 0 fully saturated rings. The van der Waals surface area contributed by atoms with Crippen molar-refractivity contribution < 1.29 is 4.48 Å². The van der Waals surface area contributed by atoms with Crippen molar-refractivity contribution in [2.24, 2.45) is 5.73 Å². The van der Waals surface area contributed by atoms with Crippen LogP contribution in [0.1, 0.15) is 96.8 Å². The van der Waals surface area contributed by atoms with Gasteiger partial charge in [-0.25, -0.2) is 0 Å². The van der Waals surface area contributed by atoms with Crippen LogP contribution in [0.25, 0.3) is 0 Å². The van der Waals surface area contributed by atoms with Crippen LogP contribution in [0.4, 0.5) is 0 Å². The van der Waals surface area contributed by atoms with E-state index in [1.807, 2.05) is 0 Å². The normalized spacial score (nSPS) is 10.7. The molecule has 0 saturated carbocycles. The Morgan fingerprint density at radius 2 is 0.739 bits per heavy atom. The quantitative estimate of drug-likeness (QED) is 0.294. The van der Waals surface area contributed by atoms with Crippen molar-refractivity contribution in [2.75, 3.05) is 34.7 Å². The summed E-state index contributed by atoms with van der Waals surface area (Å²) < 4.78 is 1.00. The van der Waals surface area contributed by atoms with Crippen LogP contribution >= 0.6 is 12.4 Å². The van der Waals surface area contributed by atoms with Gasteiger partial charge in [-0.2, -0.15) is 0 Å². The summed E-state index contributed by atoms with van der Waals surface area (Å²) in [5.74, 6) is 0. The Bertz CT molecular complexity index is 171. The smallest absolute Gasteiger partial charge is 0.0675 e. The summed E-state index contributed by atoms with van der Waals surface area (Å²) in [5, 5.41) is 0. The van der Waals surface area contributed by atoms with Gasteiger partial charge in [0, 0.05) is 0 Å². The van der Waals surface area contributed by atoms with Crippen molar-refractivity contribution in [1.82, 2.24) is 0 Å². The fraction of sp³-hybridized carbons (Fsp3) is 1.00. The Labute approximate surface area is 154 Å². The van der Waals surface area contributed by atoms with Crippen molar-refractivity contribution in [3.05, 3.63) is 0 Å². The van der Waals surface area contributed by atoms with E-state index in [1.54, 1.807) is 0 Å². The predicted octanol–water partition coefficient (Wildman–Crippen LogP) is 6.17. The molecule has 0 aliphatic carbocycles. The average molecular weight is 352 g/mol. The number of halogens is 1. The molecule has 0 aliphatic heterocycles. The maximum Gasteiger partial charge on any atom is 0.0675 e. The molecule has 0 bridgehead atoms. The van der Waals surface area contributed by atoms with E-state index in [1.165, 1.54) is 89.9 Å². The lowest BCUT2D eigenvalue weighted by Crippen LogP contribution is -2.27. The molecule has 2 N–H and O–H groups in total. The molecule has 3 heteroatoms. The summed E-state index contributed by atoms with van der Waals surface area (Å²) in [6.45, 7) is 3.16. The van der Waals surface area contributed by atoms with Gasteiger partial charge in [-0.3, -0.25) is 0 Å². The van der Waals surface area contributed by atoms with Gasteiger partial charge < -0.3 is 10.2 Å². The van der Waals surface area contributed by atoms with E-state index in [0.29, 0.717) is 0 Å². The maximum atomic E-state index is 5.47. The van der Waals surface area contributed by atoms with Crippen molar-refractivity contribution in [2.45, 2.75) is 96.8 Å². The van der Waals surface area contributed by atoms with Gasteiger partial charge in [-0.1, -0.05) is 90.4 Å². The lowest BCUT2D eigenvalue weighted by Gasteiger charge is -2.14. The average Bonchev–Trinajstić information content (AvgIpc) is 2.42. The molecule has 0 radical (unpaired) electrons. The van der Waals surface area contributed by atoms with Gasteiger partial charge in [0.25, 0.3) is 0 Å². The molecule has 0 rings (SSSR count). The highest BCUT2D eigenvalue weighted by Gasteiger charge is 1.93. The van der Waals surface area contributed by atoms with Gasteiger partial charge in [-0.05, 0) is 13.0 Å². The lowest BCUT2D eigenvalue weighted by molar-refractivity contribution is -0.849. The molecular formula is C20H48ClN2+. The summed E-state index contributed by atoms with van der Waals surface area (Å²) in [4.78, 5) is 0. The highest BCUT2D eigenvalue weighted by atomic mass is 35.5. The van der Waals surface area contributed by atoms with Gasteiger partial charge in [0.2, 0.25) is 0 Å². The summed E-state index contributed by atoms with van der Waals surface area (Å²) >= 11 is 0. The first-order valence-electron chi connectivity index (χ1n) is 9.90. The molecule has 0 atom stereocenters. The molecule has 0 aromatic carbocycles. The van der Waals surface area contributed by atoms with Crippen LogP contribution in [0.3, 0.4) is 0 Å². The number of rotatable bonds is 14. The van der Waals surface area contributed by atoms with Crippen molar-refractivity contribution in [3.63, 3.8) is 0 Å². The van der Waals surface area contributed by atoms with Crippen LogP contribution in [0.15, 0.2) is 0 Å². The molecule has 0 aromatic heterocycles. The molecule has 0 aromatic rings. The molecule has 0 unspecified atom stereocenters. The topological polar surface area (TPSA) is 26.0 Å². The standard InChI is InChI=1S/C16H35N.C4H12N.ClH/c1-2-3-4-5-6-7-8-9-10-11-12-13-14-15-16-17;1-5(2,3)4;/h2-17H2,1H3;1-4H3;1H/q;+1;. The number of nitrogens with zero attached hydrogens (tertiary/aromatic N) is 1. The number of quaternary nitrogens is 1. The third-order valence-electron chi connectivity index (χ3n) is 3.56. The molecule has 23 heavy (non-hydrogen) atoms. The van der Waals surface area contributed by atoms with Gasteiger partial charge >= 0.3 is 0 Å². The number of hydrogen-bond donors (Lipinski definition) is 1. The zero-order valence-corrected chi connectivity index (χ0v) is 17.9. The SMILES string of the molecule is CCCCCCCCCCCCCCCCN.C[N+](C)(C)C.Cl. The highest BCUT2D eigenvalue weighted by Crippen LogP contribution is 2.12. The van der Waals surface area contributed by atoms with Crippen molar-refractivity contribution >= 4 is 12.4 Å². The fourth-order valence-corrected chi connectivity index (χ4v) is 2.34. The molecule has 0 heterocycles. The Balaban J connectivity index is -0.000000578. The van der Waals surface area contributed by atoms with Crippen LogP contribution in [-0.2, 0) is 0 Å². The molecule has 0 aliphatic rings. The van der Waals surface area contributed by atoms with Gasteiger partial charge in [0.05, 0.1) is 28.2 Å². The minimum atomic E-state index is 0. The Kier molecular flexibility index (Phi) is 27.1. The van der Waals surface area contributed by atoms with Crippen LogP contribution in [-0.4, -0.2) is 39.2 Å². The van der Waals surface area contributed by atoms with Crippen molar-refractivity contribution in [1.29, 1.82) is 0 Å². The van der Waals surface area contributed by atoms with Gasteiger partial charge in [0.15, 0.2) is 0 Å². The summed E-state index contributed by atoms with van der Waals surface area (Å²) in [7, 11) is 8.50. The summed E-state index contributed by atoms with van der Waals surface area (Å²) in [5.41, 5.74) is 5.47. The third-order valence-corrected chi connectivity index (χ3v) is 3.56. The first-order valence-corrected chi connectivity index (χ1v) is 9.90. The molecule has 2 nitrogen and oxygen atoms in total. The second kappa shape index (κ2) is 22.2. The van der Waals surface area contributed by atoms with E-state index in [4.69, 9.17) is 5.73 Å². The molecule has 144 valence electrons. The largest absolute Gasteiger partial charge is 0.333 e. The van der Waals surface area contributed by atoms with Crippen LogP contribution in [0.5, 0.6) is 0 Å².